The maximum atomic E-state index is 12.4. The highest BCUT2D eigenvalue weighted by Crippen LogP contribution is 2.26. The highest BCUT2D eigenvalue weighted by atomic mass is 16.5. The van der Waals surface area contributed by atoms with E-state index in [0.29, 0.717) is 29.7 Å². The molecule has 1 aliphatic rings. The maximum absolute atomic E-state index is 12.4. The van der Waals surface area contributed by atoms with Gasteiger partial charge in [-0.05, 0) is 90.1 Å². The zero-order valence-corrected chi connectivity index (χ0v) is 21.2. The molecule has 1 aromatic rings. The summed E-state index contributed by atoms with van der Waals surface area (Å²) in [6.07, 6.45) is 13.8. The molecule has 2 rings (SSSR count). The Labute approximate surface area is 201 Å². The molecule has 1 aliphatic carbocycles. The van der Waals surface area contributed by atoms with Crippen LogP contribution < -0.4 is 5.32 Å². The summed E-state index contributed by atoms with van der Waals surface area (Å²) in [5.74, 6) is 0.483. The first-order chi connectivity index (χ1) is 16.0. The minimum Gasteiger partial charge on any atom is -0.378 e. The van der Waals surface area contributed by atoms with Crippen molar-refractivity contribution in [2.75, 3.05) is 33.3 Å². The predicted molar refractivity (Wildman–Crippen MR) is 136 cm³/mol. The van der Waals surface area contributed by atoms with Crippen LogP contribution in [0.25, 0.3) is 0 Å². The van der Waals surface area contributed by atoms with Gasteiger partial charge < -0.3 is 15.0 Å². The number of nitrogens with one attached hydrogen (secondary N) is 1. The van der Waals surface area contributed by atoms with Gasteiger partial charge in [0.25, 0.3) is 5.91 Å². The van der Waals surface area contributed by atoms with Crippen molar-refractivity contribution < 1.29 is 14.3 Å². The average Bonchev–Trinajstić information content (AvgIpc) is 2.83. The zero-order valence-electron chi connectivity index (χ0n) is 21.2. The van der Waals surface area contributed by atoms with Gasteiger partial charge in [-0.15, -0.1) is 0 Å². The second-order valence-electron chi connectivity index (χ2n) is 9.78. The molecule has 0 bridgehead atoms. The summed E-state index contributed by atoms with van der Waals surface area (Å²) >= 11 is 0. The number of rotatable bonds is 16. The van der Waals surface area contributed by atoms with Gasteiger partial charge in [0, 0.05) is 24.3 Å². The van der Waals surface area contributed by atoms with Crippen LogP contribution in [0.1, 0.15) is 105 Å². The number of nitrogens with zero attached hydrogens (tertiary/aromatic N) is 1. The van der Waals surface area contributed by atoms with Gasteiger partial charge in [-0.2, -0.15) is 0 Å². The van der Waals surface area contributed by atoms with Crippen LogP contribution in [0.4, 0.5) is 0 Å². The monoisotopic (exact) mass is 458 g/mol. The number of unbranched alkanes of at least 4 members (excludes halogenated alkanes) is 5. The lowest BCUT2D eigenvalue weighted by molar-refractivity contribution is 0.0162. The molecule has 1 fully saturated rings. The van der Waals surface area contributed by atoms with E-state index in [4.69, 9.17) is 4.74 Å². The third-order valence-electron chi connectivity index (χ3n) is 6.83. The van der Waals surface area contributed by atoms with Crippen LogP contribution in [0, 0.1) is 5.92 Å². The maximum Gasteiger partial charge on any atom is 0.251 e. The molecule has 1 saturated carbocycles. The molecule has 0 heterocycles. The second kappa shape index (κ2) is 16.0. The minimum absolute atomic E-state index is 0.0157. The number of ether oxygens (including phenoxy) is 1. The van der Waals surface area contributed by atoms with Crippen molar-refractivity contribution in [1.29, 1.82) is 0 Å². The lowest BCUT2D eigenvalue weighted by atomic mass is 9.87. The van der Waals surface area contributed by atoms with Crippen molar-refractivity contribution in [3.05, 3.63) is 35.4 Å². The third-order valence-corrected chi connectivity index (χ3v) is 6.83. The molecule has 0 aliphatic heterocycles. The largest absolute Gasteiger partial charge is 0.378 e. The Morgan fingerprint density at radius 2 is 1.52 bits per heavy atom. The number of ketones is 1. The molecule has 0 aromatic heterocycles. The molecule has 1 amide bonds. The van der Waals surface area contributed by atoms with E-state index in [9.17, 15) is 9.59 Å². The summed E-state index contributed by atoms with van der Waals surface area (Å²) in [6, 6.07) is 6.88. The Hall–Kier alpha value is -1.72. The SMILES string of the molecule is CCCCCN(C)CCCCCCOC1CCC(CNC(=O)c2ccc(C(C)=O)cc2)CC1. The quantitative estimate of drug-likeness (QED) is 0.248. The highest BCUT2D eigenvalue weighted by Gasteiger charge is 2.22. The molecule has 0 spiro atoms. The lowest BCUT2D eigenvalue weighted by Crippen LogP contribution is -2.32. The molecule has 1 aromatic carbocycles. The Morgan fingerprint density at radius 1 is 0.909 bits per heavy atom. The molecule has 5 heteroatoms. The highest BCUT2D eigenvalue weighted by molar-refractivity contribution is 5.97. The smallest absolute Gasteiger partial charge is 0.251 e. The van der Waals surface area contributed by atoms with E-state index in [0.717, 1.165) is 38.7 Å². The molecule has 1 N–H and O–H groups in total. The van der Waals surface area contributed by atoms with Crippen molar-refractivity contribution in [3.8, 4) is 0 Å². The summed E-state index contributed by atoms with van der Waals surface area (Å²) in [6.45, 7) is 7.84. The van der Waals surface area contributed by atoms with Crippen molar-refractivity contribution in [1.82, 2.24) is 10.2 Å². The molecule has 5 nitrogen and oxygen atoms in total. The first-order valence-corrected chi connectivity index (χ1v) is 13.2. The van der Waals surface area contributed by atoms with Crippen LogP contribution in [0.2, 0.25) is 0 Å². The molecule has 186 valence electrons. The number of amides is 1. The summed E-state index contributed by atoms with van der Waals surface area (Å²) in [7, 11) is 2.24. The number of carbonyl (C=O) groups is 2. The Balaban J connectivity index is 1.48. The van der Waals surface area contributed by atoms with Crippen LogP contribution in [0.5, 0.6) is 0 Å². The van der Waals surface area contributed by atoms with Crippen LogP contribution in [0.15, 0.2) is 24.3 Å². The predicted octanol–water partition coefficient (Wildman–Crippen LogP) is 5.88. The number of carbonyl (C=O) groups excluding carboxylic acids is 2. The normalized spacial score (nSPS) is 18.4. The minimum atomic E-state index is -0.0596. The molecular formula is C28H46N2O3. The van der Waals surface area contributed by atoms with Crippen molar-refractivity contribution in [2.24, 2.45) is 5.92 Å². The van der Waals surface area contributed by atoms with Crippen LogP contribution in [-0.4, -0.2) is 56.0 Å². The third kappa shape index (κ3) is 11.3. The zero-order chi connectivity index (χ0) is 23.9. The van der Waals surface area contributed by atoms with E-state index >= 15 is 0 Å². The van der Waals surface area contributed by atoms with E-state index in [1.54, 1.807) is 24.3 Å². The van der Waals surface area contributed by atoms with Crippen molar-refractivity contribution in [3.63, 3.8) is 0 Å². The number of benzene rings is 1. The van der Waals surface area contributed by atoms with Gasteiger partial charge in [0.05, 0.1) is 6.10 Å². The fourth-order valence-corrected chi connectivity index (χ4v) is 4.53. The fourth-order valence-electron chi connectivity index (χ4n) is 4.53. The van der Waals surface area contributed by atoms with Gasteiger partial charge in [-0.25, -0.2) is 0 Å². The van der Waals surface area contributed by atoms with E-state index < -0.39 is 0 Å². The van der Waals surface area contributed by atoms with Crippen LogP contribution in [-0.2, 0) is 4.74 Å². The molecular weight excluding hydrogens is 412 g/mol. The van der Waals surface area contributed by atoms with E-state index in [1.165, 1.54) is 58.5 Å². The summed E-state index contributed by atoms with van der Waals surface area (Å²) in [4.78, 5) is 26.2. The molecule has 0 saturated heterocycles. The van der Waals surface area contributed by atoms with Gasteiger partial charge in [-0.1, -0.05) is 44.7 Å². The van der Waals surface area contributed by atoms with Crippen molar-refractivity contribution >= 4 is 11.7 Å². The molecule has 33 heavy (non-hydrogen) atoms. The fraction of sp³-hybridized carbons (Fsp3) is 0.714. The first kappa shape index (κ1) is 27.5. The summed E-state index contributed by atoms with van der Waals surface area (Å²) in [5, 5.41) is 3.06. The summed E-state index contributed by atoms with van der Waals surface area (Å²) in [5.41, 5.74) is 1.25. The Bertz CT molecular complexity index is 681. The first-order valence-electron chi connectivity index (χ1n) is 13.2. The Morgan fingerprint density at radius 3 is 2.15 bits per heavy atom. The molecule has 0 unspecified atom stereocenters. The van der Waals surface area contributed by atoms with Gasteiger partial charge in [-0.3, -0.25) is 9.59 Å². The van der Waals surface area contributed by atoms with Gasteiger partial charge >= 0.3 is 0 Å². The topological polar surface area (TPSA) is 58.6 Å². The van der Waals surface area contributed by atoms with E-state index in [2.05, 4.69) is 24.2 Å². The number of hydrogen-bond acceptors (Lipinski definition) is 4. The van der Waals surface area contributed by atoms with E-state index in [-0.39, 0.29) is 11.7 Å². The van der Waals surface area contributed by atoms with Gasteiger partial charge in [0.1, 0.15) is 0 Å². The standard InChI is InChI=1S/C28H46N2O3/c1-4-5-8-19-30(3)20-9-6-7-10-21-33-27-17-11-24(12-18-27)22-29-28(32)26-15-13-25(14-16-26)23(2)31/h13-16,24,27H,4-12,17-22H2,1-3H3,(H,29,32). The summed E-state index contributed by atoms with van der Waals surface area (Å²) < 4.78 is 6.12. The van der Waals surface area contributed by atoms with Crippen LogP contribution >= 0.6 is 0 Å². The number of Topliss-reactive ketones (excluding diaryl/α,β-unsaturated/α-hetero) is 1. The van der Waals surface area contributed by atoms with E-state index in [1.807, 2.05) is 0 Å². The lowest BCUT2D eigenvalue weighted by Gasteiger charge is -2.28. The molecule has 0 radical (unpaired) electrons. The van der Waals surface area contributed by atoms with Crippen LogP contribution in [0.3, 0.4) is 0 Å². The van der Waals surface area contributed by atoms with Gasteiger partial charge in [0.15, 0.2) is 5.78 Å². The van der Waals surface area contributed by atoms with Crippen molar-refractivity contribution in [2.45, 2.75) is 90.6 Å². The average molecular weight is 459 g/mol. The molecule has 0 atom stereocenters. The second-order valence-corrected chi connectivity index (χ2v) is 9.78. The van der Waals surface area contributed by atoms with Gasteiger partial charge in [0.2, 0.25) is 0 Å². The Kier molecular flexibility index (Phi) is 13.3. The number of hydrogen-bond donors (Lipinski definition) is 1.